The van der Waals surface area contributed by atoms with Gasteiger partial charge in [-0.1, -0.05) is 0 Å². The molecule has 0 spiro atoms. The first kappa shape index (κ1) is 20.3. The van der Waals surface area contributed by atoms with E-state index in [1.807, 2.05) is 6.26 Å². The van der Waals surface area contributed by atoms with E-state index in [1.54, 1.807) is 18.2 Å². The summed E-state index contributed by atoms with van der Waals surface area (Å²) in [6.07, 6.45) is 4.58. The Labute approximate surface area is 161 Å². The Balaban J connectivity index is 2.39. The fraction of sp³-hybridized carbons (Fsp3) is 0.211. The summed E-state index contributed by atoms with van der Waals surface area (Å²) in [5, 5.41) is 11.3. The van der Waals surface area contributed by atoms with Crippen LogP contribution in [0.5, 0.6) is 17.2 Å². The third-order valence-corrected chi connectivity index (χ3v) is 4.59. The molecule has 0 fully saturated rings. The summed E-state index contributed by atoms with van der Waals surface area (Å²) in [7, 11) is 4.36. The van der Waals surface area contributed by atoms with E-state index >= 15 is 0 Å². The Kier molecular flexibility index (Phi) is 6.84. The molecule has 0 saturated heterocycles. The van der Waals surface area contributed by atoms with Crippen LogP contribution in [0.15, 0.2) is 41.3 Å². The van der Waals surface area contributed by atoms with Gasteiger partial charge in [-0.25, -0.2) is 0 Å². The number of rotatable bonds is 8. The predicted octanol–water partition coefficient (Wildman–Crippen LogP) is 4.24. The molecule has 8 heteroatoms. The van der Waals surface area contributed by atoms with Gasteiger partial charge < -0.3 is 14.2 Å². The van der Waals surface area contributed by atoms with Crippen LogP contribution in [-0.2, 0) is 0 Å². The van der Waals surface area contributed by atoms with Crippen molar-refractivity contribution in [2.75, 3.05) is 27.6 Å². The number of carbonyl (C=O) groups excluding carboxylic acids is 1. The zero-order valence-electron chi connectivity index (χ0n) is 15.3. The van der Waals surface area contributed by atoms with E-state index in [9.17, 15) is 14.9 Å². The number of allylic oxidation sites excluding steroid dienone is 1. The zero-order chi connectivity index (χ0) is 20.0. The van der Waals surface area contributed by atoms with Gasteiger partial charge in [-0.15, -0.1) is 11.8 Å². The van der Waals surface area contributed by atoms with Crippen LogP contribution in [0.1, 0.15) is 15.9 Å². The minimum Gasteiger partial charge on any atom is -0.496 e. The van der Waals surface area contributed by atoms with E-state index < -0.39 is 4.92 Å². The molecule has 0 aliphatic carbocycles. The molecular weight excluding hydrogens is 370 g/mol. The first-order chi connectivity index (χ1) is 12.9. The molecule has 27 heavy (non-hydrogen) atoms. The molecule has 0 unspecified atom stereocenters. The molecule has 0 saturated carbocycles. The maximum atomic E-state index is 12.5. The van der Waals surface area contributed by atoms with E-state index in [-0.39, 0.29) is 22.8 Å². The minimum atomic E-state index is -0.539. The molecule has 0 atom stereocenters. The summed E-state index contributed by atoms with van der Waals surface area (Å²) in [5.74, 6) is 0.871. The van der Waals surface area contributed by atoms with E-state index in [1.165, 1.54) is 57.4 Å². The molecule has 0 aromatic heterocycles. The maximum Gasteiger partial charge on any atom is 0.280 e. The van der Waals surface area contributed by atoms with Crippen molar-refractivity contribution in [1.29, 1.82) is 0 Å². The lowest BCUT2D eigenvalue weighted by Crippen LogP contribution is -1.98. The highest BCUT2D eigenvalue weighted by molar-refractivity contribution is 7.98. The maximum absolute atomic E-state index is 12.5. The van der Waals surface area contributed by atoms with Gasteiger partial charge in [-0.2, -0.15) is 0 Å². The topological polar surface area (TPSA) is 87.9 Å². The summed E-state index contributed by atoms with van der Waals surface area (Å²) < 4.78 is 15.5. The van der Waals surface area contributed by atoms with Crippen molar-refractivity contribution in [3.05, 3.63) is 57.6 Å². The van der Waals surface area contributed by atoms with Crippen LogP contribution >= 0.6 is 11.8 Å². The summed E-state index contributed by atoms with van der Waals surface area (Å²) in [5.41, 5.74) is 0.467. The number of hydrogen-bond donors (Lipinski definition) is 0. The quantitative estimate of drug-likeness (QED) is 0.219. The highest BCUT2D eigenvalue weighted by Crippen LogP contribution is 2.35. The lowest BCUT2D eigenvalue weighted by Gasteiger charge is -2.09. The monoisotopic (exact) mass is 389 g/mol. The van der Waals surface area contributed by atoms with Crippen LogP contribution in [0.4, 0.5) is 5.69 Å². The molecule has 0 radical (unpaired) electrons. The first-order valence-electron chi connectivity index (χ1n) is 7.80. The fourth-order valence-electron chi connectivity index (χ4n) is 2.43. The van der Waals surface area contributed by atoms with E-state index in [0.29, 0.717) is 17.1 Å². The molecule has 0 aliphatic rings. The smallest absolute Gasteiger partial charge is 0.280 e. The van der Waals surface area contributed by atoms with E-state index in [4.69, 9.17) is 14.2 Å². The second kappa shape index (κ2) is 9.09. The highest BCUT2D eigenvalue weighted by Gasteiger charge is 2.18. The lowest BCUT2D eigenvalue weighted by atomic mass is 10.1. The Morgan fingerprint density at radius 1 is 1.04 bits per heavy atom. The zero-order valence-corrected chi connectivity index (χ0v) is 16.2. The SMILES string of the molecule is COc1cc(/C=C/C(=O)c2ccc(SC)c(OC)c2)c([N+](=O)[O-])cc1OC. The van der Waals surface area contributed by atoms with Gasteiger partial charge >= 0.3 is 0 Å². The van der Waals surface area contributed by atoms with Crippen LogP contribution in [-0.4, -0.2) is 38.3 Å². The summed E-state index contributed by atoms with van der Waals surface area (Å²) in [6.45, 7) is 0. The number of ether oxygens (including phenoxy) is 3. The largest absolute Gasteiger partial charge is 0.496 e. The van der Waals surface area contributed by atoms with Crippen molar-refractivity contribution in [2.45, 2.75) is 4.90 Å². The average molecular weight is 389 g/mol. The van der Waals surface area contributed by atoms with E-state index in [0.717, 1.165) is 4.90 Å². The molecule has 2 rings (SSSR count). The predicted molar refractivity (Wildman–Crippen MR) is 104 cm³/mol. The second-order valence-corrected chi connectivity index (χ2v) is 6.14. The molecule has 142 valence electrons. The normalized spacial score (nSPS) is 10.7. The Morgan fingerprint density at radius 3 is 2.22 bits per heavy atom. The number of nitro groups is 1. The van der Waals surface area contributed by atoms with Crippen LogP contribution in [0, 0.1) is 10.1 Å². The molecule has 0 N–H and O–H groups in total. The van der Waals surface area contributed by atoms with Gasteiger partial charge in [0.25, 0.3) is 5.69 Å². The Bertz CT molecular complexity index is 894. The van der Waals surface area contributed by atoms with Gasteiger partial charge in [0.05, 0.1) is 37.9 Å². The van der Waals surface area contributed by atoms with Crippen molar-refractivity contribution in [1.82, 2.24) is 0 Å². The number of thioether (sulfide) groups is 1. The Hall–Kier alpha value is -3.00. The number of nitrogens with zero attached hydrogens (tertiary/aromatic N) is 1. The number of benzene rings is 2. The highest BCUT2D eigenvalue weighted by atomic mass is 32.2. The first-order valence-corrected chi connectivity index (χ1v) is 9.02. The van der Waals surface area contributed by atoms with Crippen molar-refractivity contribution < 1.29 is 23.9 Å². The second-order valence-electron chi connectivity index (χ2n) is 5.29. The number of ketones is 1. The third kappa shape index (κ3) is 4.59. The molecule has 0 bridgehead atoms. The molecule has 0 aliphatic heterocycles. The Morgan fingerprint density at radius 2 is 1.67 bits per heavy atom. The van der Waals surface area contributed by atoms with Crippen molar-refractivity contribution in [3.63, 3.8) is 0 Å². The number of methoxy groups -OCH3 is 3. The lowest BCUT2D eigenvalue weighted by molar-refractivity contribution is -0.385. The van der Waals surface area contributed by atoms with Gasteiger partial charge in [0.15, 0.2) is 17.3 Å². The van der Waals surface area contributed by atoms with Crippen LogP contribution < -0.4 is 14.2 Å². The summed E-state index contributed by atoms with van der Waals surface area (Å²) >= 11 is 1.51. The van der Waals surface area contributed by atoms with Gasteiger partial charge in [0.1, 0.15) is 5.75 Å². The minimum absolute atomic E-state index is 0.188. The average Bonchev–Trinajstić information content (AvgIpc) is 2.70. The molecule has 0 amide bonds. The number of nitro benzene ring substituents is 1. The van der Waals surface area contributed by atoms with Crippen LogP contribution in [0.3, 0.4) is 0 Å². The molecule has 2 aromatic rings. The standard InChI is InChI=1S/C19H19NO6S/c1-24-16-9-12(14(20(22)23)11-17(16)25-2)5-7-15(21)13-6-8-19(27-4)18(10-13)26-3/h5-11H,1-4H3/b7-5+. The van der Waals surface area contributed by atoms with Gasteiger partial charge in [-0.05, 0) is 42.7 Å². The molecule has 2 aromatic carbocycles. The van der Waals surface area contributed by atoms with E-state index in [2.05, 4.69) is 0 Å². The van der Waals surface area contributed by atoms with Gasteiger partial charge in [-0.3, -0.25) is 14.9 Å². The summed E-state index contributed by atoms with van der Waals surface area (Å²) in [4.78, 5) is 24.2. The van der Waals surface area contributed by atoms with Crippen LogP contribution in [0.2, 0.25) is 0 Å². The summed E-state index contributed by atoms with van der Waals surface area (Å²) in [6, 6.07) is 7.84. The molecule has 0 heterocycles. The number of hydrogen-bond acceptors (Lipinski definition) is 7. The van der Waals surface area contributed by atoms with Crippen LogP contribution in [0.25, 0.3) is 6.08 Å². The number of carbonyl (C=O) groups is 1. The van der Waals surface area contributed by atoms with Crippen molar-refractivity contribution >= 4 is 29.3 Å². The van der Waals surface area contributed by atoms with Crippen molar-refractivity contribution in [2.24, 2.45) is 0 Å². The molecule has 7 nitrogen and oxygen atoms in total. The van der Waals surface area contributed by atoms with Crippen molar-refractivity contribution in [3.8, 4) is 17.2 Å². The van der Waals surface area contributed by atoms with Gasteiger partial charge in [0, 0.05) is 10.5 Å². The third-order valence-electron chi connectivity index (χ3n) is 3.81. The molecular formula is C19H19NO6S. The fourth-order valence-corrected chi connectivity index (χ4v) is 2.97. The van der Waals surface area contributed by atoms with Gasteiger partial charge in [0.2, 0.25) is 0 Å².